The molecule has 0 bridgehead atoms. The minimum absolute atomic E-state index is 0.0253. The highest BCUT2D eigenvalue weighted by Gasteiger charge is 2.28. The lowest BCUT2D eigenvalue weighted by Crippen LogP contribution is -2.50. The molecule has 1 unspecified atom stereocenters. The first-order valence-electron chi connectivity index (χ1n) is 9.56. The summed E-state index contributed by atoms with van der Waals surface area (Å²) in [6, 6.07) is 0.664. The highest BCUT2D eigenvalue weighted by Crippen LogP contribution is 2.28. The molecule has 0 aromatic rings. The van der Waals surface area contributed by atoms with E-state index in [1.54, 1.807) is 0 Å². The average molecular weight is 321 g/mol. The van der Waals surface area contributed by atoms with Gasteiger partial charge in [0.1, 0.15) is 6.17 Å². The van der Waals surface area contributed by atoms with Crippen LogP contribution >= 0.6 is 0 Å². The molecule has 0 amide bonds. The largest absolute Gasteiger partial charge is 0.372 e. The number of unbranched alkanes of at least 4 members (excludes halogenated alkanes) is 3. The Bertz CT molecular complexity index is 408. The second kappa shape index (κ2) is 9.33. The first kappa shape index (κ1) is 18.3. The van der Waals surface area contributed by atoms with Crippen molar-refractivity contribution in [3.63, 3.8) is 0 Å². The molecule has 2 aliphatic rings. The maximum atomic E-state index is 6.61. The van der Waals surface area contributed by atoms with E-state index in [1.807, 2.05) is 0 Å². The Morgan fingerprint density at radius 2 is 1.91 bits per heavy atom. The summed E-state index contributed by atoms with van der Waals surface area (Å²) in [6.45, 7) is 7.67. The molecule has 132 valence electrons. The zero-order chi connectivity index (χ0) is 16.7. The zero-order valence-electron chi connectivity index (χ0n) is 15.4. The molecule has 23 heavy (non-hydrogen) atoms. The number of piperidine rings is 1. The number of hydrogen-bond donors (Lipinski definition) is 2. The highest BCUT2D eigenvalue weighted by atomic mass is 15.3. The molecule has 1 saturated heterocycles. The second-order valence-electron chi connectivity index (χ2n) is 6.86. The fraction of sp³-hybridized carbons (Fsp3) is 0.789. The SMILES string of the molecule is CCCCCCC1=C(N2CCC(NC)CC2)C(N)N(CC)C=C1. The number of rotatable bonds is 8. The van der Waals surface area contributed by atoms with E-state index in [2.05, 4.69) is 48.3 Å². The smallest absolute Gasteiger partial charge is 0.118 e. The maximum absolute atomic E-state index is 6.61. The van der Waals surface area contributed by atoms with E-state index in [4.69, 9.17) is 5.73 Å². The fourth-order valence-corrected chi connectivity index (χ4v) is 3.77. The Balaban J connectivity index is 2.08. The molecule has 0 spiro atoms. The summed E-state index contributed by atoms with van der Waals surface area (Å²) in [5.74, 6) is 0. The topological polar surface area (TPSA) is 44.5 Å². The Morgan fingerprint density at radius 1 is 1.17 bits per heavy atom. The number of nitrogens with two attached hydrogens (primary N) is 1. The van der Waals surface area contributed by atoms with Crippen LogP contribution in [0.3, 0.4) is 0 Å². The molecule has 1 atom stereocenters. The average Bonchev–Trinajstić information content (AvgIpc) is 2.59. The summed E-state index contributed by atoms with van der Waals surface area (Å²) < 4.78 is 0. The molecule has 0 aromatic carbocycles. The Labute approximate surface area is 142 Å². The zero-order valence-corrected chi connectivity index (χ0v) is 15.4. The van der Waals surface area contributed by atoms with Gasteiger partial charge in [-0.25, -0.2) is 0 Å². The van der Waals surface area contributed by atoms with E-state index in [0.29, 0.717) is 6.04 Å². The molecule has 4 heteroatoms. The molecule has 0 saturated carbocycles. The van der Waals surface area contributed by atoms with Crippen molar-refractivity contribution in [1.82, 2.24) is 15.1 Å². The lowest BCUT2D eigenvalue weighted by atomic mass is 9.97. The van der Waals surface area contributed by atoms with Crippen LogP contribution in [0.5, 0.6) is 0 Å². The molecule has 3 N–H and O–H groups in total. The minimum Gasteiger partial charge on any atom is -0.372 e. The molecule has 2 aliphatic heterocycles. The maximum Gasteiger partial charge on any atom is 0.118 e. The number of likely N-dealkylation sites (tertiary alicyclic amines) is 1. The third-order valence-corrected chi connectivity index (χ3v) is 5.34. The van der Waals surface area contributed by atoms with Crippen molar-refractivity contribution < 1.29 is 0 Å². The van der Waals surface area contributed by atoms with Gasteiger partial charge in [-0.05, 0) is 51.3 Å². The Morgan fingerprint density at radius 3 is 2.52 bits per heavy atom. The van der Waals surface area contributed by atoms with Crippen LogP contribution in [-0.2, 0) is 0 Å². The molecule has 4 nitrogen and oxygen atoms in total. The second-order valence-corrected chi connectivity index (χ2v) is 6.86. The summed E-state index contributed by atoms with van der Waals surface area (Å²) >= 11 is 0. The van der Waals surface area contributed by atoms with E-state index < -0.39 is 0 Å². The van der Waals surface area contributed by atoms with Crippen LogP contribution in [0.15, 0.2) is 23.5 Å². The third kappa shape index (κ3) is 4.74. The van der Waals surface area contributed by atoms with E-state index in [0.717, 1.165) is 19.6 Å². The summed E-state index contributed by atoms with van der Waals surface area (Å²) in [6.07, 6.45) is 13.4. The van der Waals surface area contributed by atoms with Crippen molar-refractivity contribution in [3.8, 4) is 0 Å². The van der Waals surface area contributed by atoms with Gasteiger partial charge in [-0.15, -0.1) is 0 Å². The predicted octanol–water partition coefficient (Wildman–Crippen LogP) is 3.03. The van der Waals surface area contributed by atoms with Crippen molar-refractivity contribution in [2.45, 2.75) is 71.0 Å². The van der Waals surface area contributed by atoms with E-state index in [9.17, 15) is 0 Å². The van der Waals surface area contributed by atoms with Gasteiger partial charge in [0.15, 0.2) is 0 Å². The van der Waals surface area contributed by atoms with Crippen LogP contribution < -0.4 is 11.1 Å². The molecule has 2 heterocycles. The standard InChI is InChI=1S/C19H36N4/c1-4-6-7-8-9-16-10-13-22(5-2)19(20)18(16)23-14-11-17(21-3)12-15-23/h10,13,17,19,21H,4-9,11-12,14-15,20H2,1-3H3. The Kier molecular flexibility index (Phi) is 7.44. The summed E-state index contributed by atoms with van der Waals surface area (Å²) in [5.41, 5.74) is 9.47. The van der Waals surface area contributed by atoms with Gasteiger partial charge in [0.2, 0.25) is 0 Å². The fourth-order valence-electron chi connectivity index (χ4n) is 3.77. The van der Waals surface area contributed by atoms with Crippen molar-refractivity contribution in [3.05, 3.63) is 23.5 Å². The van der Waals surface area contributed by atoms with Gasteiger partial charge in [0, 0.05) is 31.9 Å². The van der Waals surface area contributed by atoms with E-state index in [1.165, 1.54) is 56.2 Å². The first-order chi connectivity index (χ1) is 11.2. The molecular weight excluding hydrogens is 284 g/mol. The molecule has 0 aliphatic carbocycles. The molecule has 1 fully saturated rings. The molecule has 2 rings (SSSR count). The number of likely N-dealkylation sites (N-methyl/N-ethyl adjacent to an activating group) is 1. The van der Waals surface area contributed by atoms with Gasteiger partial charge in [0.25, 0.3) is 0 Å². The van der Waals surface area contributed by atoms with E-state index >= 15 is 0 Å². The minimum atomic E-state index is 0.0253. The Hall–Kier alpha value is -1.00. The summed E-state index contributed by atoms with van der Waals surface area (Å²) in [4.78, 5) is 4.81. The number of allylic oxidation sites excluding steroid dienone is 2. The highest BCUT2D eigenvalue weighted by molar-refractivity contribution is 5.32. The molecule has 0 aromatic heterocycles. The van der Waals surface area contributed by atoms with Gasteiger partial charge in [0.05, 0.1) is 5.70 Å². The van der Waals surface area contributed by atoms with Gasteiger partial charge >= 0.3 is 0 Å². The van der Waals surface area contributed by atoms with Gasteiger partial charge in [-0.2, -0.15) is 0 Å². The number of nitrogens with zero attached hydrogens (tertiary/aromatic N) is 2. The van der Waals surface area contributed by atoms with Gasteiger partial charge < -0.3 is 20.9 Å². The van der Waals surface area contributed by atoms with Crippen LogP contribution in [0.25, 0.3) is 0 Å². The number of hydrogen-bond acceptors (Lipinski definition) is 4. The lowest BCUT2D eigenvalue weighted by molar-refractivity contribution is 0.194. The van der Waals surface area contributed by atoms with Crippen molar-refractivity contribution >= 4 is 0 Å². The van der Waals surface area contributed by atoms with Crippen molar-refractivity contribution in [2.75, 3.05) is 26.7 Å². The van der Waals surface area contributed by atoms with Crippen LogP contribution in [-0.4, -0.2) is 48.7 Å². The van der Waals surface area contributed by atoms with Gasteiger partial charge in [-0.1, -0.05) is 26.2 Å². The normalized spacial score (nSPS) is 23.0. The molecule has 0 radical (unpaired) electrons. The summed E-state index contributed by atoms with van der Waals surface area (Å²) in [7, 11) is 2.08. The monoisotopic (exact) mass is 320 g/mol. The van der Waals surface area contributed by atoms with Gasteiger partial charge in [-0.3, -0.25) is 0 Å². The summed E-state index contributed by atoms with van der Waals surface area (Å²) in [5, 5.41) is 3.42. The van der Waals surface area contributed by atoms with Crippen LogP contribution in [0.4, 0.5) is 0 Å². The quantitative estimate of drug-likeness (QED) is 0.675. The third-order valence-electron chi connectivity index (χ3n) is 5.34. The number of nitrogens with one attached hydrogen (secondary N) is 1. The van der Waals surface area contributed by atoms with E-state index in [-0.39, 0.29) is 6.17 Å². The van der Waals surface area contributed by atoms with Crippen LogP contribution in [0, 0.1) is 0 Å². The lowest BCUT2D eigenvalue weighted by Gasteiger charge is -2.42. The van der Waals surface area contributed by atoms with Crippen LogP contribution in [0.1, 0.15) is 58.8 Å². The van der Waals surface area contributed by atoms with Crippen molar-refractivity contribution in [1.29, 1.82) is 0 Å². The molecular formula is C19H36N4. The van der Waals surface area contributed by atoms with Crippen molar-refractivity contribution in [2.24, 2.45) is 5.73 Å². The predicted molar refractivity (Wildman–Crippen MR) is 98.9 cm³/mol. The first-order valence-corrected chi connectivity index (χ1v) is 9.56. The van der Waals surface area contributed by atoms with Crippen LogP contribution in [0.2, 0.25) is 0 Å².